The molecule has 1 atom stereocenters. The smallest absolute Gasteiger partial charge is 0.323 e. The van der Waals surface area contributed by atoms with Gasteiger partial charge in [-0.05, 0) is 5.92 Å². The summed E-state index contributed by atoms with van der Waals surface area (Å²) in [6.07, 6.45) is 1.73. The fourth-order valence-electron chi connectivity index (χ4n) is 0.562. The Balaban J connectivity index is 3.64. The van der Waals surface area contributed by atoms with Gasteiger partial charge in [0.2, 0.25) is 6.29 Å². The molecule has 0 saturated carbocycles. The predicted octanol–water partition coefficient (Wildman–Crippen LogP) is 0.0127. The maximum Gasteiger partial charge on any atom is 0.323 e. The first-order valence-electron chi connectivity index (χ1n) is 3.86. The Morgan fingerprint density at radius 3 is 2.58 bits per heavy atom. The molecule has 12 heavy (non-hydrogen) atoms. The number of hydrogen-bond donors (Lipinski definition) is 1. The van der Waals surface area contributed by atoms with E-state index in [2.05, 4.69) is 4.74 Å². The normalized spacial score (nSPS) is 12.7. The van der Waals surface area contributed by atoms with E-state index in [0.29, 0.717) is 0 Å². The molecule has 0 aliphatic rings. The quantitative estimate of drug-likeness (QED) is 0.468. The van der Waals surface area contributed by atoms with E-state index in [1.54, 1.807) is 6.29 Å². The second-order valence-corrected chi connectivity index (χ2v) is 2.83. The monoisotopic (exact) mass is 172 g/mol. The highest BCUT2D eigenvalue weighted by molar-refractivity contribution is 5.75. The number of rotatable bonds is 5. The largest absolute Gasteiger partial charge is 0.464 e. The lowest BCUT2D eigenvalue weighted by Crippen LogP contribution is -2.37. The van der Waals surface area contributed by atoms with Crippen molar-refractivity contribution in [3.05, 3.63) is 0 Å². The highest BCUT2D eigenvalue weighted by Crippen LogP contribution is 2.00. The van der Waals surface area contributed by atoms with Crippen LogP contribution in [0.1, 0.15) is 20.3 Å². The van der Waals surface area contributed by atoms with E-state index >= 15 is 0 Å². The zero-order chi connectivity index (χ0) is 9.56. The van der Waals surface area contributed by atoms with E-state index in [9.17, 15) is 9.59 Å². The fourth-order valence-corrected chi connectivity index (χ4v) is 0.562. The van der Waals surface area contributed by atoms with Crippen LogP contribution in [0.5, 0.6) is 0 Å². The molecule has 0 fully saturated rings. The van der Waals surface area contributed by atoms with E-state index in [-0.39, 0.29) is 18.9 Å². The number of nitrogens with two attached hydrogens (primary N) is 1. The van der Waals surface area contributed by atoms with Gasteiger partial charge in [0.1, 0.15) is 6.04 Å². The SMILES string of the molecule is CC(C)[C@H](N)C(=O)OCC[C]=O. The van der Waals surface area contributed by atoms with Crippen LogP contribution in [0.2, 0.25) is 0 Å². The molecule has 2 N–H and O–H groups in total. The van der Waals surface area contributed by atoms with Gasteiger partial charge in [0.15, 0.2) is 0 Å². The Kier molecular flexibility index (Phi) is 5.28. The summed E-state index contributed by atoms with van der Waals surface area (Å²) in [7, 11) is 0. The second kappa shape index (κ2) is 5.71. The standard InChI is InChI=1S/C8H14NO3/c1-6(2)7(9)8(11)12-5-3-4-10/h6-7H,3,5,9H2,1-2H3/t7-/m0/s1. The Morgan fingerprint density at radius 1 is 1.58 bits per heavy atom. The van der Waals surface area contributed by atoms with Gasteiger partial charge in [-0.1, -0.05) is 13.8 Å². The van der Waals surface area contributed by atoms with Crippen LogP contribution in [0, 0.1) is 5.92 Å². The Labute approximate surface area is 72.1 Å². The van der Waals surface area contributed by atoms with Gasteiger partial charge in [0, 0.05) is 6.42 Å². The van der Waals surface area contributed by atoms with Gasteiger partial charge < -0.3 is 10.5 Å². The summed E-state index contributed by atoms with van der Waals surface area (Å²) in [5.41, 5.74) is 5.47. The van der Waals surface area contributed by atoms with Crippen molar-refractivity contribution in [2.45, 2.75) is 26.3 Å². The van der Waals surface area contributed by atoms with Gasteiger partial charge in [0.05, 0.1) is 6.61 Å². The Hall–Kier alpha value is -0.900. The molecule has 0 aliphatic heterocycles. The van der Waals surface area contributed by atoms with Crippen molar-refractivity contribution in [2.24, 2.45) is 11.7 Å². The zero-order valence-corrected chi connectivity index (χ0v) is 7.37. The van der Waals surface area contributed by atoms with Crippen LogP contribution in [0.4, 0.5) is 0 Å². The van der Waals surface area contributed by atoms with E-state index < -0.39 is 12.0 Å². The van der Waals surface area contributed by atoms with Crippen molar-refractivity contribution in [2.75, 3.05) is 6.61 Å². The average molecular weight is 172 g/mol. The minimum atomic E-state index is -0.600. The molecule has 69 valence electrons. The number of hydrogen-bond acceptors (Lipinski definition) is 4. The van der Waals surface area contributed by atoms with Crippen molar-refractivity contribution in [1.29, 1.82) is 0 Å². The van der Waals surface area contributed by atoms with Gasteiger partial charge in [-0.25, -0.2) is 0 Å². The second-order valence-electron chi connectivity index (χ2n) is 2.83. The summed E-state index contributed by atoms with van der Waals surface area (Å²) in [6.45, 7) is 3.73. The third-order valence-corrected chi connectivity index (χ3v) is 1.44. The molecular weight excluding hydrogens is 158 g/mol. The summed E-state index contributed by atoms with van der Waals surface area (Å²) in [5.74, 6) is -0.405. The van der Waals surface area contributed by atoms with E-state index in [0.717, 1.165) is 0 Å². The van der Waals surface area contributed by atoms with Gasteiger partial charge in [-0.2, -0.15) is 0 Å². The summed E-state index contributed by atoms with van der Waals surface area (Å²) >= 11 is 0. The lowest BCUT2D eigenvalue weighted by atomic mass is 10.1. The summed E-state index contributed by atoms with van der Waals surface area (Å²) < 4.78 is 4.68. The lowest BCUT2D eigenvalue weighted by molar-refractivity contribution is -0.146. The number of ether oxygens (including phenoxy) is 1. The third-order valence-electron chi connectivity index (χ3n) is 1.44. The van der Waals surface area contributed by atoms with Crippen LogP contribution in [-0.4, -0.2) is 24.9 Å². The zero-order valence-electron chi connectivity index (χ0n) is 7.37. The minimum absolute atomic E-state index is 0.0534. The Bertz CT molecular complexity index is 156. The van der Waals surface area contributed by atoms with Crippen LogP contribution >= 0.6 is 0 Å². The van der Waals surface area contributed by atoms with Gasteiger partial charge >= 0.3 is 5.97 Å². The average Bonchev–Trinajstić information content (AvgIpc) is 2.03. The van der Waals surface area contributed by atoms with E-state index in [4.69, 9.17) is 5.73 Å². The lowest BCUT2D eigenvalue weighted by Gasteiger charge is -2.13. The molecule has 0 spiro atoms. The van der Waals surface area contributed by atoms with Crippen molar-refractivity contribution in [1.82, 2.24) is 0 Å². The van der Waals surface area contributed by atoms with Crippen LogP contribution in [0.3, 0.4) is 0 Å². The molecule has 0 aromatic carbocycles. The van der Waals surface area contributed by atoms with Crippen LogP contribution in [0.25, 0.3) is 0 Å². The maximum absolute atomic E-state index is 11.0. The first kappa shape index (κ1) is 11.1. The Morgan fingerprint density at radius 2 is 2.17 bits per heavy atom. The van der Waals surface area contributed by atoms with E-state index in [1.807, 2.05) is 13.8 Å². The molecule has 4 heteroatoms. The molecule has 0 aliphatic carbocycles. The highest BCUT2D eigenvalue weighted by atomic mass is 16.5. The van der Waals surface area contributed by atoms with Crippen LogP contribution in [0.15, 0.2) is 0 Å². The predicted molar refractivity (Wildman–Crippen MR) is 44.1 cm³/mol. The molecule has 0 unspecified atom stereocenters. The van der Waals surface area contributed by atoms with Crippen molar-refractivity contribution in [3.63, 3.8) is 0 Å². The van der Waals surface area contributed by atoms with Crippen LogP contribution in [-0.2, 0) is 14.3 Å². The molecule has 0 rings (SSSR count). The first-order chi connectivity index (χ1) is 5.59. The van der Waals surface area contributed by atoms with E-state index in [1.165, 1.54) is 0 Å². The number of esters is 1. The fraction of sp³-hybridized carbons (Fsp3) is 0.750. The van der Waals surface area contributed by atoms with Crippen molar-refractivity contribution >= 4 is 12.3 Å². The number of carbonyl (C=O) groups excluding carboxylic acids is 2. The molecule has 0 bridgehead atoms. The van der Waals surface area contributed by atoms with Gasteiger partial charge in [0.25, 0.3) is 0 Å². The number of carbonyl (C=O) groups is 1. The molecule has 0 saturated heterocycles. The topological polar surface area (TPSA) is 69.4 Å². The summed E-state index contributed by atoms with van der Waals surface area (Å²) in [4.78, 5) is 20.7. The van der Waals surface area contributed by atoms with Crippen molar-refractivity contribution < 1.29 is 14.3 Å². The molecule has 0 heterocycles. The third kappa shape index (κ3) is 4.08. The molecule has 0 aromatic heterocycles. The van der Waals surface area contributed by atoms with Crippen LogP contribution < -0.4 is 5.73 Å². The van der Waals surface area contributed by atoms with Crippen molar-refractivity contribution in [3.8, 4) is 0 Å². The molecule has 1 radical (unpaired) electrons. The van der Waals surface area contributed by atoms with Gasteiger partial charge in [-0.3, -0.25) is 9.59 Å². The molecule has 0 aromatic rings. The summed E-state index contributed by atoms with van der Waals surface area (Å²) in [5, 5.41) is 0. The maximum atomic E-state index is 11.0. The molecular formula is C8H14NO3. The summed E-state index contributed by atoms with van der Waals surface area (Å²) in [6, 6.07) is -0.600. The van der Waals surface area contributed by atoms with Gasteiger partial charge in [-0.15, -0.1) is 0 Å². The highest BCUT2D eigenvalue weighted by Gasteiger charge is 2.18. The molecule has 0 amide bonds. The molecule has 4 nitrogen and oxygen atoms in total. The first-order valence-corrected chi connectivity index (χ1v) is 3.86. The minimum Gasteiger partial charge on any atom is -0.464 e.